The first-order valence-electron chi connectivity index (χ1n) is 4.77. The maximum Gasteiger partial charge on any atom is 0.0810 e. The first-order valence-corrected chi connectivity index (χ1v) is 4.77. The molecule has 3 nitrogen and oxygen atoms in total. The van der Waals surface area contributed by atoms with Gasteiger partial charge in [-0.15, -0.1) is 0 Å². The number of nitrogens with two attached hydrogens (primary N) is 1. The highest BCUT2D eigenvalue weighted by Crippen LogP contribution is 2.23. The fraction of sp³-hybridized carbons (Fsp3) is 0.455. The molecule has 1 rings (SSSR count). The normalized spacial score (nSPS) is 12.7. The predicted molar refractivity (Wildman–Crippen MR) is 56.9 cm³/mol. The van der Waals surface area contributed by atoms with E-state index in [9.17, 15) is 5.11 Å². The summed E-state index contributed by atoms with van der Waals surface area (Å²) in [7, 11) is 1.66. The van der Waals surface area contributed by atoms with Crippen molar-refractivity contribution in [2.24, 2.45) is 0 Å². The maximum absolute atomic E-state index is 9.79. The summed E-state index contributed by atoms with van der Waals surface area (Å²) >= 11 is 0. The zero-order chi connectivity index (χ0) is 10.4. The van der Waals surface area contributed by atoms with Crippen molar-refractivity contribution >= 4 is 5.69 Å². The molecule has 3 heteroatoms. The second-order valence-electron chi connectivity index (χ2n) is 3.28. The molecule has 78 valence electrons. The first kappa shape index (κ1) is 11.0. The zero-order valence-electron chi connectivity index (χ0n) is 8.44. The molecule has 1 atom stereocenters. The third kappa shape index (κ3) is 3.01. The standard InChI is InChI=1S/C11H17NO2/c1-14-8-4-7-11(13)9-5-2-3-6-10(9)12/h2-3,5-6,11,13H,4,7-8,12H2,1H3. The van der Waals surface area contributed by atoms with Crippen LogP contribution in [-0.2, 0) is 4.74 Å². The van der Waals surface area contributed by atoms with Crippen molar-refractivity contribution in [3.05, 3.63) is 29.8 Å². The zero-order valence-corrected chi connectivity index (χ0v) is 8.44. The van der Waals surface area contributed by atoms with Crippen LogP contribution in [0, 0.1) is 0 Å². The fourth-order valence-corrected chi connectivity index (χ4v) is 1.39. The van der Waals surface area contributed by atoms with Crippen molar-refractivity contribution in [1.82, 2.24) is 0 Å². The van der Waals surface area contributed by atoms with E-state index in [2.05, 4.69) is 0 Å². The van der Waals surface area contributed by atoms with Gasteiger partial charge in [0, 0.05) is 25.0 Å². The van der Waals surface area contributed by atoms with Crippen LogP contribution in [0.2, 0.25) is 0 Å². The monoisotopic (exact) mass is 195 g/mol. The van der Waals surface area contributed by atoms with Gasteiger partial charge in [-0.25, -0.2) is 0 Å². The molecule has 0 aliphatic carbocycles. The highest BCUT2D eigenvalue weighted by molar-refractivity contribution is 5.47. The number of nitrogen functional groups attached to an aromatic ring is 1. The van der Waals surface area contributed by atoms with Crippen molar-refractivity contribution in [2.75, 3.05) is 19.5 Å². The molecule has 0 spiro atoms. The van der Waals surface area contributed by atoms with Crippen LogP contribution in [-0.4, -0.2) is 18.8 Å². The molecular formula is C11H17NO2. The molecule has 0 fully saturated rings. The molecule has 0 saturated carbocycles. The summed E-state index contributed by atoms with van der Waals surface area (Å²) in [6.45, 7) is 0.670. The summed E-state index contributed by atoms with van der Waals surface area (Å²) in [5, 5.41) is 9.79. The summed E-state index contributed by atoms with van der Waals surface area (Å²) in [5.74, 6) is 0. The summed E-state index contributed by atoms with van der Waals surface area (Å²) < 4.78 is 4.92. The number of benzene rings is 1. The number of methoxy groups -OCH3 is 1. The number of anilines is 1. The number of ether oxygens (including phenoxy) is 1. The van der Waals surface area contributed by atoms with E-state index in [1.165, 1.54) is 0 Å². The van der Waals surface area contributed by atoms with Crippen LogP contribution in [0.1, 0.15) is 24.5 Å². The SMILES string of the molecule is COCCCC(O)c1ccccc1N. The highest BCUT2D eigenvalue weighted by atomic mass is 16.5. The van der Waals surface area contributed by atoms with Crippen LogP contribution < -0.4 is 5.73 Å². The van der Waals surface area contributed by atoms with Gasteiger partial charge < -0.3 is 15.6 Å². The van der Waals surface area contributed by atoms with Gasteiger partial charge in [0.05, 0.1) is 6.10 Å². The molecule has 0 saturated heterocycles. The average molecular weight is 195 g/mol. The van der Waals surface area contributed by atoms with Crippen molar-refractivity contribution < 1.29 is 9.84 Å². The molecule has 0 amide bonds. The van der Waals surface area contributed by atoms with Gasteiger partial charge in [-0.3, -0.25) is 0 Å². The number of aliphatic hydroxyl groups excluding tert-OH is 1. The third-order valence-corrected chi connectivity index (χ3v) is 2.18. The Morgan fingerprint density at radius 1 is 1.43 bits per heavy atom. The van der Waals surface area contributed by atoms with Crippen molar-refractivity contribution in [2.45, 2.75) is 18.9 Å². The molecular weight excluding hydrogens is 178 g/mol. The van der Waals surface area contributed by atoms with E-state index < -0.39 is 6.10 Å². The molecule has 1 unspecified atom stereocenters. The van der Waals surface area contributed by atoms with Crippen molar-refractivity contribution in [3.8, 4) is 0 Å². The van der Waals surface area contributed by atoms with E-state index in [1.54, 1.807) is 13.2 Å². The van der Waals surface area contributed by atoms with E-state index in [0.717, 1.165) is 12.0 Å². The van der Waals surface area contributed by atoms with Crippen LogP contribution in [0.15, 0.2) is 24.3 Å². The van der Waals surface area contributed by atoms with Crippen molar-refractivity contribution in [3.63, 3.8) is 0 Å². The summed E-state index contributed by atoms with van der Waals surface area (Å²) in [6, 6.07) is 7.40. The first-order chi connectivity index (χ1) is 6.75. The smallest absolute Gasteiger partial charge is 0.0810 e. The molecule has 0 bridgehead atoms. The molecule has 0 aliphatic rings. The minimum absolute atomic E-state index is 0.480. The molecule has 0 aromatic heterocycles. The second-order valence-corrected chi connectivity index (χ2v) is 3.28. The van der Waals surface area contributed by atoms with Crippen LogP contribution in [0.5, 0.6) is 0 Å². The lowest BCUT2D eigenvalue weighted by Crippen LogP contribution is -2.03. The minimum atomic E-state index is -0.480. The lowest BCUT2D eigenvalue weighted by Gasteiger charge is -2.12. The van der Waals surface area contributed by atoms with E-state index in [-0.39, 0.29) is 0 Å². The van der Waals surface area contributed by atoms with Gasteiger partial charge in [-0.2, -0.15) is 0 Å². The number of para-hydroxylation sites is 1. The number of aliphatic hydroxyl groups is 1. The van der Waals surface area contributed by atoms with Gasteiger partial charge >= 0.3 is 0 Å². The summed E-state index contributed by atoms with van der Waals surface area (Å²) in [5.41, 5.74) is 7.19. The Morgan fingerprint density at radius 2 is 2.14 bits per heavy atom. The predicted octanol–water partition coefficient (Wildman–Crippen LogP) is 1.73. The molecule has 0 aliphatic heterocycles. The van der Waals surface area contributed by atoms with E-state index in [4.69, 9.17) is 10.5 Å². The average Bonchev–Trinajstić information content (AvgIpc) is 2.18. The summed E-state index contributed by atoms with van der Waals surface area (Å²) in [6.07, 6.45) is 1.04. The lowest BCUT2D eigenvalue weighted by molar-refractivity contribution is 0.136. The minimum Gasteiger partial charge on any atom is -0.398 e. The van der Waals surface area contributed by atoms with Crippen LogP contribution in [0.25, 0.3) is 0 Å². The summed E-state index contributed by atoms with van der Waals surface area (Å²) in [4.78, 5) is 0. The van der Waals surface area contributed by atoms with Gasteiger partial charge in [-0.1, -0.05) is 18.2 Å². The van der Waals surface area contributed by atoms with Gasteiger partial charge in [0.25, 0.3) is 0 Å². The largest absolute Gasteiger partial charge is 0.398 e. The van der Waals surface area contributed by atoms with Gasteiger partial charge in [0.2, 0.25) is 0 Å². The quantitative estimate of drug-likeness (QED) is 0.555. The Morgan fingerprint density at radius 3 is 2.79 bits per heavy atom. The molecule has 0 radical (unpaired) electrons. The number of hydrogen-bond donors (Lipinski definition) is 2. The topological polar surface area (TPSA) is 55.5 Å². The van der Waals surface area contributed by atoms with E-state index in [0.29, 0.717) is 18.7 Å². The highest BCUT2D eigenvalue weighted by Gasteiger charge is 2.09. The number of hydrogen-bond acceptors (Lipinski definition) is 3. The van der Waals surface area contributed by atoms with Crippen molar-refractivity contribution in [1.29, 1.82) is 0 Å². The van der Waals surface area contributed by atoms with Gasteiger partial charge in [0.1, 0.15) is 0 Å². The second kappa shape index (κ2) is 5.62. The lowest BCUT2D eigenvalue weighted by atomic mass is 10.0. The van der Waals surface area contributed by atoms with Crippen LogP contribution >= 0.6 is 0 Å². The third-order valence-electron chi connectivity index (χ3n) is 2.18. The fourth-order valence-electron chi connectivity index (χ4n) is 1.39. The Kier molecular flexibility index (Phi) is 4.43. The Bertz CT molecular complexity index is 276. The van der Waals surface area contributed by atoms with Gasteiger partial charge in [0.15, 0.2) is 0 Å². The van der Waals surface area contributed by atoms with Gasteiger partial charge in [-0.05, 0) is 18.9 Å². The molecule has 1 aromatic rings. The molecule has 0 heterocycles. The molecule has 3 N–H and O–H groups in total. The Labute approximate surface area is 84.5 Å². The Hall–Kier alpha value is -1.06. The Balaban J connectivity index is 2.51. The van der Waals surface area contributed by atoms with Crippen LogP contribution in [0.4, 0.5) is 5.69 Å². The molecule has 14 heavy (non-hydrogen) atoms. The molecule has 1 aromatic carbocycles. The van der Waals surface area contributed by atoms with E-state index in [1.807, 2.05) is 18.2 Å². The maximum atomic E-state index is 9.79. The van der Waals surface area contributed by atoms with E-state index >= 15 is 0 Å². The van der Waals surface area contributed by atoms with Crippen LogP contribution in [0.3, 0.4) is 0 Å². The number of rotatable bonds is 5.